The number of rotatable bonds is 3. The van der Waals surface area contributed by atoms with Crippen molar-refractivity contribution in [3.8, 4) is 0 Å². The highest BCUT2D eigenvalue weighted by Gasteiger charge is 2.41. The molecule has 6 nitrogen and oxygen atoms in total. The fourth-order valence-corrected chi connectivity index (χ4v) is 4.64. The number of carbonyl (C=O) groups is 1. The van der Waals surface area contributed by atoms with Gasteiger partial charge in [0.05, 0.1) is 22.9 Å². The minimum absolute atomic E-state index is 0.101. The number of halogens is 1. The minimum atomic E-state index is -0.213. The van der Waals surface area contributed by atoms with Gasteiger partial charge in [-0.1, -0.05) is 11.6 Å². The average molecular weight is 394 g/mol. The molecule has 27 heavy (non-hydrogen) atoms. The molecule has 4 rings (SSSR count). The molecule has 0 radical (unpaired) electrons. The molecule has 3 saturated heterocycles. The zero-order valence-electron chi connectivity index (χ0n) is 15.6. The van der Waals surface area contributed by atoms with Crippen molar-refractivity contribution in [3.05, 3.63) is 23.2 Å². The van der Waals surface area contributed by atoms with Crippen LogP contribution in [0.5, 0.6) is 0 Å². The van der Waals surface area contributed by atoms with E-state index in [0.29, 0.717) is 23.9 Å². The molecule has 148 valence electrons. The summed E-state index contributed by atoms with van der Waals surface area (Å²) >= 11 is 6.48. The van der Waals surface area contributed by atoms with Crippen molar-refractivity contribution in [2.45, 2.75) is 50.2 Å². The second-order valence-corrected chi connectivity index (χ2v) is 8.24. The Balaban J connectivity index is 1.33. The molecule has 0 saturated carbocycles. The van der Waals surface area contributed by atoms with Crippen LogP contribution in [-0.2, 0) is 9.47 Å². The topological polar surface area (TPSA) is 62.8 Å². The van der Waals surface area contributed by atoms with Gasteiger partial charge in [0.15, 0.2) is 0 Å². The third-order valence-electron chi connectivity index (χ3n) is 5.80. The van der Waals surface area contributed by atoms with Crippen LogP contribution in [0.1, 0.15) is 38.5 Å². The van der Waals surface area contributed by atoms with Gasteiger partial charge >= 0.3 is 6.03 Å². The molecule has 2 atom stereocenters. The van der Waals surface area contributed by atoms with Crippen molar-refractivity contribution in [2.24, 2.45) is 0 Å². The Bertz CT molecular complexity index is 672. The first-order valence-electron chi connectivity index (χ1n) is 9.97. The van der Waals surface area contributed by atoms with Gasteiger partial charge in [0.25, 0.3) is 0 Å². The molecule has 7 heteroatoms. The quantitative estimate of drug-likeness (QED) is 0.820. The number of nitrogens with one attached hydrogen (secondary N) is 2. The fraction of sp³-hybridized carbons (Fsp3) is 0.650. The van der Waals surface area contributed by atoms with E-state index in [4.69, 9.17) is 21.1 Å². The number of carbonyl (C=O) groups excluding carboxylic acids is 1. The van der Waals surface area contributed by atoms with Gasteiger partial charge in [0, 0.05) is 44.5 Å². The molecule has 3 fully saturated rings. The fourth-order valence-electron chi connectivity index (χ4n) is 4.34. The predicted molar refractivity (Wildman–Crippen MR) is 107 cm³/mol. The number of piperidine rings is 1. The van der Waals surface area contributed by atoms with Gasteiger partial charge in [-0.15, -0.1) is 0 Å². The van der Waals surface area contributed by atoms with Crippen molar-refractivity contribution in [2.75, 3.05) is 43.1 Å². The Hall–Kier alpha value is -1.50. The molecular formula is C20H28ClN3O3. The standard InChI is InChI=1S/C20H28ClN3O3/c21-17-12-15(4-5-18(17)24-8-2-1-3-9-24)22-19(25)23-16-6-10-27-20(13-16)7-11-26-14-20/h4-5,12,16H,1-3,6-11,13-14H2,(H2,22,23,25)/t16-,20-/m1/s1. The highest BCUT2D eigenvalue weighted by Crippen LogP contribution is 2.33. The normalized spacial score (nSPS) is 28.3. The Morgan fingerprint density at radius 3 is 2.81 bits per heavy atom. The second-order valence-electron chi connectivity index (χ2n) is 7.84. The van der Waals surface area contributed by atoms with Gasteiger partial charge in [-0.3, -0.25) is 0 Å². The largest absolute Gasteiger partial charge is 0.378 e. The van der Waals surface area contributed by atoms with E-state index < -0.39 is 0 Å². The second kappa shape index (κ2) is 8.25. The number of nitrogens with zero attached hydrogens (tertiary/aromatic N) is 1. The number of urea groups is 1. The lowest BCUT2D eigenvalue weighted by Gasteiger charge is -2.37. The maximum atomic E-state index is 12.4. The maximum Gasteiger partial charge on any atom is 0.319 e. The number of benzene rings is 1. The smallest absolute Gasteiger partial charge is 0.319 e. The Labute approximate surface area is 165 Å². The van der Waals surface area contributed by atoms with Crippen LogP contribution in [0.3, 0.4) is 0 Å². The van der Waals surface area contributed by atoms with Crippen molar-refractivity contribution in [1.29, 1.82) is 0 Å². The van der Waals surface area contributed by atoms with Crippen LogP contribution < -0.4 is 15.5 Å². The van der Waals surface area contributed by atoms with E-state index in [1.54, 1.807) is 0 Å². The Morgan fingerprint density at radius 1 is 1.22 bits per heavy atom. The van der Waals surface area contributed by atoms with Crippen molar-refractivity contribution in [1.82, 2.24) is 5.32 Å². The molecular weight excluding hydrogens is 366 g/mol. The third-order valence-corrected chi connectivity index (χ3v) is 6.10. The lowest BCUT2D eigenvalue weighted by Crippen LogP contribution is -2.49. The van der Waals surface area contributed by atoms with E-state index >= 15 is 0 Å². The Kier molecular flexibility index (Phi) is 5.76. The molecule has 1 spiro atoms. The predicted octanol–water partition coefficient (Wildman–Crippen LogP) is 3.79. The van der Waals surface area contributed by atoms with Crippen LogP contribution in [0.4, 0.5) is 16.2 Å². The number of ether oxygens (including phenoxy) is 2. The molecule has 0 aromatic heterocycles. The lowest BCUT2D eigenvalue weighted by atomic mass is 9.90. The van der Waals surface area contributed by atoms with E-state index in [1.165, 1.54) is 19.3 Å². The van der Waals surface area contributed by atoms with Crippen LogP contribution in [0, 0.1) is 0 Å². The number of hydrogen-bond acceptors (Lipinski definition) is 4. The molecule has 2 N–H and O–H groups in total. The van der Waals surface area contributed by atoms with Crippen LogP contribution in [0.25, 0.3) is 0 Å². The number of amides is 2. The molecule has 0 aliphatic carbocycles. The van der Waals surface area contributed by atoms with Gasteiger partial charge in [-0.25, -0.2) is 4.79 Å². The number of hydrogen-bond donors (Lipinski definition) is 2. The van der Waals surface area contributed by atoms with Gasteiger partial charge < -0.3 is 25.0 Å². The summed E-state index contributed by atoms with van der Waals surface area (Å²) in [4.78, 5) is 14.8. The van der Waals surface area contributed by atoms with Crippen LogP contribution in [0.2, 0.25) is 5.02 Å². The highest BCUT2D eigenvalue weighted by atomic mass is 35.5. The van der Waals surface area contributed by atoms with E-state index in [2.05, 4.69) is 15.5 Å². The zero-order chi connectivity index (χ0) is 18.7. The molecule has 1 aromatic carbocycles. The summed E-state index contributed by atoms with van der Waals surface area (Å²) in [5.74, 6) is 0. The molecule has 0 unspecified atom stereocenters. The first-order chi connectivity index (χ1) is 13.1. The van der Waals surface area contributed by atoms with E-state index in [9.17, 15) is 4.79 Å². The molecule has 3 aliphatic heterocycles. The summed E-state index contributed by atoms with van der Waals surface area (Å²) in [6, 6.07) is 5.66. The monoisotopic (exact) mass is 393 g/mol. The van der Waals surface area contributed by atoms with Gasteiger partial charge in [-0.05, 0) is 50.3 Å². The van der Waals surface area contributed by atoms with Crippen LogP contribution >= 0.6 is 11.6 Å². The van der Waals surface area contributed by atoms with Gasteiger partial charge in [0.2, 0.25) is 0 Å². The maximum absolute atomic E-state index is 12.4. The minimum Gasteiger partial charge on any atom is -0.378 e. The summed E-state index contributed by atoms with van der Waals surface area (Å²) in [6.45, 7) is 4.11. The van der Waals surface area contributed by atoms with E-state index in [-0.39, 0.29) is 17.7 Å². The SMILES string of the molecule is O=C(Nc1ccc(N2CCCCC2)c(Cl)c1)N[C@@H]1CCO[C@]2(CCOC2)C1. The van der Waals surface area contributed by atoms with Crippen LogP contribution in [0.15, 0.2) is 18.2 Å². The molecule has 0 bridgehead atoms. The molecule has 3 aliphatic rings. The molecule has 1 aromatic rings. The third kappa shape index (κ3) is 4.50. The summed E-state index contributed by atoms with van der Waals surface area (Å²) in [7, 11) is 0. The zero-order valence-corrected chi connectivity index (χ0v) is 16.4. The first kappa shape index (κ1) is 18.8. The molecule has 3 heterocycles. The van der Waals surface area contributed by atoms with E-state index in [0.717, 1.165) is 44.6 Å². The van der Waals surface area contributed by atoms with Gasteiger partial charge in [-0.2, -0.15) is 0 Å². The van der Waals surface area contributed by atoms with E-state index in [1.807, 2.05) is 18.2 Å². The van der Waals surface area contributed by atoms with Crippen LogP contribution in [-0.4, -0.2) is 50.6 Å². The molecule has 2 amide bonds. The summed E-state index contributed by atoms with van der Waals surface area (Å²) in [6.07, 6.45) is 6.22. The first-order valence-corrected chi connectivity index (χ1v) is 10.4. The lowest BCUT2D eigenvalue weighted by molar-refractivity contribution is -0.0877. The van der Waals surface area contributed by atoms with Crippen molar-refractivity contribution >= 4 is 29.0 Å². The van der Waals surface area contributed by atoms with Crippen molar-refractivity contribution in [3.63, 3.8) is 0 Å². The highest BCUT2D eigenvalue weighted by molar-refractivity contribution is 6.33. The van der Waals surface area contributed by atoms with Crippen molar-refractivity contribution < 1.29 is 14.3 Å². The Morgan fingerprint density at radius 2 is 2.07 bits per heavy atom. The van der Waals surface area contributed by atoms with Gasteiger partial charge in [0.1, 0.15) is 0 Å². The summed E-state index contributed by atoms with van der Waals surface area (Å²) < 4.78 is 11.4. The average Bonchev–Trinajstić information content (AvgIpc) is 3.10. The summed E-state index contributed by atoms with van der Waals surface area (Å²) in [5, 5.41) is 6.67. The number of anilines is 2. The summed E-state index contributed by atoms with van der Waals surface area (Å²) in [5.41, 5.74) is 1.55.